The highest BCUT2D eigenvalue weighted by Gasteiger charge is 2.59. The molecule has 198 valence electrons. The van der Waals surface area contributed by atoms with Gasteiger partial charge in [0.25, 0.3) is 0 Å². The van der Waals surface area contributed by atoms with Gasteiger partial charge in [0.05, 0.1) is 24.7 Å². The molecule has 17 heteroatoms. The fourth-order valence-corrected chi connectivity index (χ4v) is 4.25. The second-order valence-electron chi connectivity index (χ2n) is 8.42. The second kappa shape index (κ2) is 10.8. The lowest BCUT2D eigenvalue weighted by molar-refractivity contribution is -0.394. The van der Waals surface area contributed by atoms with Gasteiger partial charge in [0.15, 0.2) is 10.7 Å². The van der Waals surface area contributed by atoms with Crippen LogP contribution in [0.2, 0.25) is 0 Å². The molecule has 0 radical (unpaired) electrons. The number of amides is 2. The van der Waals surface area contributed by atoms with Crippen molar-refractivity contribution in [2.75, 3.05) is 11.9 Å². The zero-order valence-corrected chi connectivity index (χ0v) is 20.4. The molecule has 2 atom stereocenters. The van der Waals surface area contributed by atoms with Crippen LogP contribution >= 0.6 is 11.3 Å². The van der Waals surface area contributed by atoms with E-state index >= 15 is 0 Å². The minimum Gasteiger partial charge on any atom is -0.507 e. The quantitative estimate of drug-likeness (QED) is 0.180. The number of anilines is 1. The standard InChI is InChI=1S/C20H24BN5O10S/c1-20(2,18(32)33)36-26-16(21(34)35)14(10-4-3-5-11(15(10)29)17(30)31)25(26)13(28)6-9-8-37-19(23-9)24-12(27)7-22/h3-5,8,14,16,29,34-35H,6-7,22H2,1-2H3,(H,30,31)(H,32,33)(H,23,24,27)/t14?,16-/m0/s1. The van der Waals surface area contributed by atoms with E-state index in [1.807, 2.05) is 0 Å². The number of hydroxylamine groups is 1. The normalized spacial score (nSPS) is 17.7. The summed E-state index contributed by atoms with van der Waals surface area (Å²) < 4.78 is 0. The summed E-state index contributed by atoms with van der Waals surface area (Å²) in [6.07, 6.45) is -0.410. The van der Waals surface area contributed by atoms with Crippen molar-refractivity contribution >= 4 is 47.3 Å². The van der Waals surface area contributed by atoms with Gasteiger partial charge >= 0.3 is 19.1 Å². The number of aliphatic carboxylic acids is 1. The fourth-order valence-electron chi connectivity index (χ4n) is 3.52. The summed E-state index contributed by atoms with van der Waals surface area (Å²) in [6.45, 7) is 2.06. The Morgan fingerprint density at radius 2 is 1.92 bits per heavy atom. The Morgan fingerprint density at radius 3 is 2.49 bits per heavy atom. The number of hydrogen-bond donors (Lipinski definition) is 7. The van der Waals surface area contributed by atoms with E-state index in [-0.39, 0.29) is 22.9 Å². The molecule has 8 N–H and O–H groups in total. The topological polar surface area (TPSA) is 236 Å². The van der Waals surface area contributed by atoms with Crippen LogP contribution < -0.4 is 11.1 Å². The summed E-state index contributed by atoms with van der Waals surface area (Å²) in [5.41, 5.74) is 2.89. The molecule has 37 heavy (non-hydrogen) atoms. The third-order valence-electron chi connectivity index (χ3n) is 5.38. The summed E-state index contributed by atoms with van der Waals surface area (Å²) in [5.74, 6) is -6.39. The minimum absolute atomic E-state index is 0.145. The van der Waals surface area contributed by atoms with Crippen molar-refractivity contribution in [3.8, 4) is 5.75 Å². The number of carboxylic acid groups (broad SMARTS) is 2. The van der Waals surface area contributed by atoms with Gasteiger partial charge in [-0.1, -0.05) is 17.3 Å². The van der Waals surface area contributed by atoms with Gasteiger partial charge in [0, 0.05) is 10.9 Å². The third kappa shape index (κ3) is 5.71. The summed E-state index contributed by atoms with van der Waals surface area (Å²) in [4.78, 5) is 57.6. The van der Waals surface area contributed by atoms with Gasteiger partial charge in [-0.05, 0) is 19.9 Å². The minimum atomic E-state index is -2.20. The van der Waals surface area contributed by atoms with E-state index in [4.69, 9.17) is 10.6 Å². The van der Waals surface area contributed by atoms with Crippen LogP contribution in [-0.2, 0) is 25.6 Å². The summed E-state index contributed by atoms with van der Waals surface area (Å²) >= 11 is 1.02. The molecule has 0 saturated carbocycles. The number of rotatable bonds is 10. The maximum atomic E-state index is 13.4. The van der Waals surface area contributed by atoms with E-state index in [0.717, 1.165) is 22.4 Å². The molecule has 0 bridgehead atoms. The number of hydrazine groups is 1. The zero-order chi connectivity index (χ0) is 27.7. The lowest BCUT2D eigenvalue weighted by Crippen LogP contribution is -2.74. The van der Waals surface area contributed by atoms with E-state index in [1.54, 1.807) is 0 Å². The number of nitrogens with zero attached hydrogens (tertiary/aromatic N) is 3. The lowest BCUT2D eigenvalue weighted by atomic mass is 9.69. The summed E-state index contributed by atoms with van der Waals surface area (Å²) in [5, 5.41) is 55.2. The van der Waals surface area contributed by atoms with E-state index in [0.29, 0.717) is 5.17 Å². The number of aromatic hydroxyl groups is 1. The number of thiazole rings is 1. The van der Waals surface area contributed by atoms with E-state index in [1.165, 1.54) is 31.4 Å². The van der Waals surface area contributed by atoms with Gasteiger partial charge in [0.1, 0.15) is 17.3 Å². The van der Waals surface area contributed by atoms with Crippen molar-refractivity contribution in [2.24, 2.45) is 5.73 Å². The number of carbonyl (C=O) groups excluding carboxylic acids is 2. The van der Waals surface area contributed by atoms with E-state index in [2.05, 4.69) is 10.3 Å². The number of carbonyl (C=O) groups is 4. The molecule has 1 fully saturated rings. The number of phenols is 1. The number of nitrogens with one attached hydrogen (secondary N) is 1. The molecule has 2 heterocycles. The average Bonchev–Trinajstić information content (AvgIpc) is 3.22. The molecule has 2 aromatic rings. The number of para-hydroxylation sites is 1. The van der Waals surface area contributed by atoms with Crippen LogP contribution in [0, 0.1) is 0 Å². The van der Waals surface area contributed by atoms with Crippen molar-refractivity contribution in [3.63, 3.8) is 0 Å². The Morgan fingerprint density at radius 1 is 1.24 bits per heavy atom. The molecule has 1 aromatic carbocycles. The first-order valence-corrected chi connectivity index (χ1v) is 11.6. The van der Waals surface area contributed by atoms with Gasteiger partial charge in [-0.25, -0.2) is 19.6 Å². The van der Waals surface area contributed by atoms with Crippen LogP contribution in [0.3, 0.4) is 0 Å². The number of nitrogens with two attached hydrogens (primary N) is 1. The van der Waals surface area contributed by atoms with Crippen molar-refractivity contribution in [3.05, 3.63) is 40.4 Å². The molecule has 1 saturated heterocycles. The predicted octanol–water partition coefficient (Wildman–Crippen LogP) is -1.04. The fraction of sp³-hybridized carbons (Fsp3) is 0.350. The van der Waals surface area contributed by atoms with Crippen LogP contribution in [-0.4, -0.2) is 89.5 Å². The van der Waals surface area contributed by atoms with E-state index in [9.17, 15) is 44.5 Å². The summed E-state index contributed by atoms with van der Waals surface area (Å²) in [6, 6.07) is 2.33. The second-order valence-corrected chi connectivity index (χ2v) is 9.28. The van der Waals surface area contributed by atoms with Gasteiger partial charge in [0.2, 0.25) is 11.8 Å². The van der Waals surface area contributed by atoms with Gasteiger partial charge in [-0.15, -0.1) is 11.3 Å². The number of aromatic carboxylic acids is 1. The highest BCUT2D eigenvalue weighted by atomic mass is 32.1. The van der Waals surface area contributed by atoms with Crippen LogP contribution in [0.15, 0.2) is 23.6 Å². The Kier molecular flexibility index (Phi) is 8.16. The van der Waals surface area contributed by atoms with Crippen molar-refractivity contribution < 1.29 is 49.4 Å². The predicted molar refractivity (Wildman–Crippen MR) is 127 cm³/mol. The maximum Gasteiger partial charge on any atom is 0.477 e. The molecular formula is C20H24BN5O10S. The molecule has 1 unspecified atom stereocenters. The van der Waals surface area contributed by atoms with Crippen LogP contribution in [0.4, 0.5) is 5.13 Å². The lowest BCUT2D eigenvalue weighted by Gasteiger charge is -2.56. The average molecular weight is 537 g/mol. The molecule has 0 spiro atoms. The molecule has 1 aliphatic heterocycles. The third-order valence-corrected chi connectivity index (χ3v) is 6.19. The van der Waals surface area contributed by atoms with Crippen LogP contribution in [0.1, 0.15) is 41.5 Å². The Balaban J connectivity index is 2.00. The molecule has 15 nitrogen and oxygen atoms in total. The van der Waals surface area contributed by atoms with E-state index < -0.39 is 66.2 Å². The molecule has 1 aromatic heterocycles. The highest BCUT2D eigenvalue weighted by molar-refractivity contribution is 7.13. The number of benzene rings is 1. The monoisotopic (exact) mass is 537 g/mol. The number of carboxylic acids is 2. The Labute approximate surface area is 213 Å². The van der Waals surface area contributed by atoms with Crippen LogP contribution in [0.25, 0.3) is 0 Å². The van der Waals surface area contributed by atoms with Crippen LogP contribution in [0.5, 0.6) is 5.75 Å². The molecule has 2 amide bonds. The maximum absolute atomic E-state index is 13.4. The first kappa shape index (κ1) is 28.0. The first-order valence-electron chi connectivity index (χ1n) is 10.7. The van der Waals surface area contributed by atoms with Gasteiger partial charge in [-0.2, -0.15) is 0 Å². The molecule has 0 aliphatic carbocycles. The Hall–Kier alpha value is -3.61. The van der Waals surface area contributed by atoms with Gasteiger partial charge in [-0.3, -0.25) is 14.4 Å². The number of hydrogen-bond acceptors (Lipinski definition) is 12. The first-order chi connectivity index (χ1) is 17.3. The Bertz CT molecular complexity index is 1220. The van der Waals surface area contributed by atoms with Crippen molar-refractivity contribution in [2.45, 2.75) is 37.9 Å². The van der Waals surface area contributed by atoms with Crippen molar-refractivity contribution in [1.29, 1.82) is 0 Å². The summed E-state index contributed by atoms with van der Waals surface area (Å²) in [7, 11) is -2.20. The highest BCUT2D eigenvalue weighted by Crippen LogP contribution is 2.45. The number of aromatic nitrogens is 1. The SMILES string of the molecule is CC(C)(ON1[C@H](B(O)O)C(c2cccc(C(=O)O)c2O)N1C(=O)Cc1csc(NC(=O)CN)n1)C(=O)O. The van der Waals surface area contributed by atoms with Crippen molar-refractivity contribution in [1.82, 2.24) is 15.2 Å². The largest absolute Gasteiger partial charge is 0.507 e. The molecule has 3 rings (SSSR count). The zero-order valence-electron chi connectivity index (χ0n) is 19.6. The smallest absolute Gasteiger partial charge is 0.477 e. The molecule has 1 aliphatic rings. The van der Waals surface area contributed by atoms with Gasteiger partial charge < -0.3 is 36.4 Å². The molecular weight excluding hydrogens is 513 g/mol.